The van der Waals surface area contributed by atoms with E-state index in [4.69, 9.17) is 5.73 Å². The second-order valence-electron chi connectivity index (χ2n) is 5.63. The average Bonchev–Trinajstić information content (AvgIpc) is 2.21. The van der Waals surface area contributed by atoms with Crippen LogP contribution in [0.25, 0.3) is 0 Å². The van der Waals surface area contributed by atoms with Crippen molar-refractivity contribution in [2.75, 3.05) is 6.54 Å². The molecule has 0 saturated heterocycles. The number of rotatable bonds is 3. The zero-order valence-corrected chi connectivity index (χ0v) is 10.7. The van der Waals surface area contributed by atoms with Crippen LogP contribution in [0.3, 0.4) is 0 Å². The van der Waals surface area contributed by atoms with E-state index in [-0.39, 0.29) is 17.7 Å². The second kappa shape index (κ2) is 4.26. The van der Waals surface area contributed by atoms with E-state index in [1.807, 2.05) is 0 Å². The molecule has 0 aromatic heterocycles. The Morgan fingerprint density at radius 1 is 1.28 bits per heavy atom. The van der Waals surface area contributed by atoms with Gasteiger partial charge in [-0.25, -0.2) is 13.2 Å². The maximum atomic E-state index is 13.9. The fourth-order valence-corrected chi connectivity index (χ4v) is 2.51. The molecule has 0 heterocycles. The third-order valence-corrected chi connectivity index (χ3v) is 3.99. The molecule has 1 nitrogen and oxygen atoms in total. The lowest BCUT2D eigenvalue weighted by Gasteiger charge is -2.42. The van der Waals surface area contributed by atoms with Crippen LogP contribution >= 0.6 is 0 Å². The van der Waals surface area contributed by atoms with Crippen LogP contribution in [0.5, 0.6) is 0 Å². The molecule has 4 heteroatoms. The summed E-state index contributed by atoms with van der Waals surface area (Å²) >= 11 is 0. The summed E-state index contributed by atoms with van der Waals surface area (Å²) in [5, 5.41) is 0. The van der Waals surface area contributed by atoms with Gasteiger partial charge in [0.15, 0.2) is 11.6 Å². The molecule has 2 N–H and O–H groups in total. The maximum absolute atomic E-state index is 13.9. The van der Waals surface area contributed by atoms with Gasteiger partial charge in [0.25, 0.3) is 0 Å². The Balaban J connectivity index is 2.56. The smallest absolute Gasteiger partial charge is 0.162 e. The third kappa shape index (κ3) is 2.03. The molecule has 18 heavy (non-hydrogen) atoms. The van der Waals surface area contributed by atoms with E-state index in [1.54, 1.807) is 0 Å². The molecular formula is C14H18F3N. The second-order valence-corrected chi connectivity index (χ2v) is 5.63. The Labute approximate surface area is 105 Å². The van der Waals surface area contributed by atoms with Gasteiger partial charge < -0.3 is 5.73 Å². The van der Waals surface area contributed by atoms with Gasteiger partial charge in [0.2, 0.25) is 0 Å². The van der Waals surface area contributed by atoms with Crippen molar-refractivity contribution in [1.82, 2.24) is 0 Å². The Kier molecular flexibility index (Phi) is 3.18. The van der Waals surface area contributed by atoms with Gasteiger partial charge in [-0.1, -0.05) is 6.42 Å². The first-order chi connectivity index (χ1) is 8.30. The van der Waals surface area contributed by atoms with Crippen LogP contribution in [0.2, 0.25) is 0 Å². The molecule has 1 aromatic carbocycles. The highest BCUT2D eigenvalue weighted by Gasteiger charge is 2.41. The Bertz CT molecular complexity index is 453. The predicted molar refractivity (Wildman–Crippen MR) is 65.1 cm³/mol. The lowest BCUT2D eigenvalue weighted by Crippen LogP contribution is -2.42. The molecule has 1 aliphatic carbocycles. The van der Waals surface area contributed by atoms with E-state index in [1.165, 1.54) is 19.9 Å². The molecule has 1 aliphatic rings. The normalized spacial score (nSPS) is 18.6. The molecule has 0 amide bonds. The summed E-state index contributed by atoms with van der Waals surface area (Å²) in [6.45, 7) is 2.93. The molecule has 1 fully saturated rings. The number of alkyl halides is 1. The zero-order valence-electron chi connectivity index (χ0n) is 10.7. The van der Waals surface area contributed by atoms with Gasteiger partial charge in [-0.3, -0.25) is 0 Å². The van der Waals surface area contributed by atoms with E-state index in [0.29, 0.717) is 0 Å². The van der Waals surface area contributed by atoms with E-state index < -0.39 is 22.7 Å². The Morgan fingerprint density at radius 3 is 2.28 bits per heavy atom. The largest absolute Gasteiger partial charge is 0.330 e. The number of halogens is 3. The van der Waals surface area contributed by atoms with Crippen LogP contribution in [-0.2, 0) is 11.1 Å². The number of hydrogen-bond donors (Lipinski definition) is 1. The van der Waals surface area contributed by atoms with Gasteiger partial charge in [0.05, 0.1) is 0 Å². The molecule has 0 aliphatic heterocycles. The zero-order chi connectivity index (χ0) is 13.6. The van der Waals surface area contributed by atoms with E-state index in [9.17, 15) is 13.2 Å². The lowest BCUT2D eigenvalue weighted by atomic mass is 9.64. The Hall–Kier alpha value is -1.03. The van der Waals surface area contributed by atoms with Crippen LogP contribution in [-0.4, -0.2) is 6.54 Å². The van der Waals surface area contributed by atoms with Crippen molar-refractivity contribution in [2.45, 2.75) is 44.2 Å². The molecule has 2 rings (SSSR count). The minimum Gasteiger partial charge on any atom is -0.330 e. The first-order valence-electron chi connectivity index (χ1n) is 6.19. The molecule has 1 aromatic rings. The Morgan fingerprint density at radius 2 is 1.89 bits per heavy atom. The van der Waals surface area contributed by atoms with E-state index in [2.05, 4.69) is 0 Å². The topological polar surface area (TPSA) is 26.0 Å². The standard InChI is InChI=1S/C14H18F3N/c1-13(2,17)9-6-10(12(16)11(15)7-9)14(8-18)4-3-5-14/h6-7H,3-5,8,18H2,1-2H3. The van der Waals surface area contributed by atoms with E-state index >= 15 is 0 Å². The summed E-state index contributed by atoms with van der Waals surface area (Å²) in [4.78, 5) is 0. The van der Waals surface area contributed by atoms with Gasteiger partial charge in [0, 0.05) is 12.0 Å². The highest BCUT2D eigenvalue weighted by atomic mass is 19.2. The molecule has 0 atom stereocenters. The predicted octanol–water partition coefficient (Wildman–Crippen LogP) is 3.55. The SMILES string of the molecule is CC(C)(F)c1cc(F)c(F)c(C2(CN)CCC2)c1. The average molecular weight is 257 g/mol. The molecule has 0 bridgehead atoms. The van der Waals surface area contributed by atoms with Gasteiger partial charge in [-0.15, -0.1) is 0 Å². The summed E-state index contributed by atoms with van der Waals surface area (Å²) in [5.74, 6) is -1.87. The highest BCUT2D eigenvalue weighted by Crippen LogP contribution is 2.45. The molecule has 1 saturated carbocycles. The van der Waals surface area contributed by atoms with E-state index in [0.717, 1.165) is 25.3 Å². The van der Waals surface area contributed by atoms with Crippen LogP contribution in [0.4, 0.5) is 13.2 Å². The van der Waals surface area contributed by atoms with Crippen molar-refractivity contribution in [1.29, 1.82) is 0 Å². The molecule has 0 unspecified atom stereocenters. The molecule has 0 spiro atoms. The first-order valence-corrected chi connectivity index (χ1v) is 6.19. The quantitative estimate of drug-likeness (QED) is 0.880. The molecule has 0 radical (unpaired) electrons. The minimum atomic E-state index is -1.69. The van der Waals surface area contributed by atoms with Gasteiger partial charge >= 0.3 is 0 Å². The van der Waals surface area contributed by atoms with Crippen molar-refractivity contribution in [3.8, 4) is 0 Å². The van der Waals surface area contributed by atoms with Crippen molar-refractivity contribution in [3.63, 3.8) is 0 Å². The van der Waals surface area contributed by atoms with Crippen LogP contribution < -0.4 is 5.73 Å². The minimum absolute atomic E-state index is 0.163. The fraction of sp³-hybridized carbons (Fsp3) is 0.571. The summed E-state index contributed by atoms with van der Waals surface area (Å²) < 4.78 is 41.4. The molecule has 100 valence electrons. The summed E-state index contributed by atoms with van der Waals surface area (Å²) in [6, 6.07) is 2.37. The van der Waals surface area contributed by atoms with Crippen molar-refractivity contribution in [2.24, 2.45) is 5.73 Å². The van der Waals surface area contributed by atoms with Crippen molar-refractivity contribution >= 4 is 0 Å². The van der Waals surface area contributed by atoms with Gasteiger partial charge in [-0.2, -0.15) is 0 Å². The first kappa shape index (κ1) is 13.4. The third-order valence-electron chi connectivity index (χ3n) is 3.99. The molecular weight excluding hydrogens is 239 g/mol. The van der Waals surface area contributed by atoms with Crippen LogP contribution in [0.15, 0.2) is 12.1 Å². The van der Waals surface area contributed by atoms with Crippen LogP contribution in [0, 0.1) is 11.6 Å². The van der Waals surface area contributed by atoms with Crippen molar-refractivity contribution < 1.29 is 13.2 Å². The number of benzene rings is 1. The van der Waals surface area contributed by atoms with Gasteiger partial charge in [-0.05, 0) is 49.9 Å². The number of nitrogens with two attached hydrogens (primary N) is 1. The lowest BCUT2D eigenvalue weighted by molar-refractivity contribution is 0.215. The summed E-state index contributed by atoms with van der Waals surface area (Å²) in [5.41, 5.74) is 3.89. The van der Waals surface area contributed by atoms with Gasteiger partial charge in [0.1, 0.15) is 5.67 Å². The fourth-order valence-electron chi connectivity index (χ4n) is 2.51. The van der Waals surface area contributed by atoms with Crippen LogP contribution in [0.1, 0.15) is 44.2 Å². The van der Waals surface area contributed by atoms with Crippen molar-refractivity contribution in [3.05, 3.63) is 34.9 Å². The highest BCUT2D eigenvalue weighted by molar-refractivity contribution is 5.37. The number of hydrogen-bond acceptors (Lipinski definition) is 1. The summed E-state index contributed by atoms with van der Waals surface area (Å²) in [6.07, 6.45) is 2.41. The maximum Gasteiger partial charge on any atom is 0.162 e. The summed E-state index contributed by atoms with van der Waals surface area (Å²) in [7, 11) is 0. The monoisotopic (exact) mass is 257 g/mol.